The Kier molecular flexibility index (Phi) is 7.22. The SMILES string of the molecule is C=C/C=C(\C=C/C)Nc1nccc(/C(C=C)=C/C=C\C)n1. The topological polar surface area (TPSA) is 37.8 Å². The molecular weight excluding hydrogens is 258 g/mol. The van der Waals surface area contributed by atoms with Crippen molar-refractivity contribution in [2.24, 2.45) is 0 Å². The van der Waals surface area contributed by atoms with Crippen LogP contribution in [-0.2, 0) is 0 Å². The second kappa shape index (κ2) is 9.26. The fourth-order valence-corrected chi connectivity index (χ4v) is 1.61. The van der Waals surface area contributed by atoms with Crippen LogP contribution in [0.5, 0.6) is 0 Å². The molecule has 0 fully saturated rings. The van der Waals surface area contributed by atoms with Gasteiger partial charge < -0.3 is 5.32 Å². The minimum atomic E-state index is 0.534. The van der Waals surface area contributed by atoms with Crippen molar-refractivity contribution in [2.45, 2.75) is 13.8 Å². The zero-order valence-corrected chi connectivity index (χ0v) is 12.6. The molecule has 0 spiro atoms. The van der Waals surface area contributed by atoms with Crippen LogP contribution in [0.1, 0.15) is 19.5 Å². The lowest BCUT2D eigenvalue weighted by molar-refractivity contribution is 1.13. The highest BCUT2D eigenvalue weighted by atomic mass is 15.1. The Labute approximate surface area is 126 Å². The van der Waals surface area contributed by atoms with E-state index in [9.17, 15) is 0 Å². The van der Waals surface area contributed by atoms with Gasteiger partial charge in [-0.3, -0.25) is 0 Å². The summed E-state index contributed by atoms with van der Waals surface area (Å²) in [6.07, 6.45) is 16.8. The van der Waals surface area contributed by atoms with Gasteiger partial charge in [0, 0.05) is 11.9 Å². The number of hydrogen-bond donors (Lipinski definition) is 1. The highest BCUT2D eigenvalue weighted by molar-refractivity contribution is 5.72. The molecule has 1 aromatic rings. The summed E-state index contributed by atoms with van der Waals surface area (Å²) in [6, 6.07) is 1.86. The maximum atomic E-state index is 4.50. The molecule has 0 aromatic carbocycles. The summed E-state index contributed by atoms with van der Waals surface area (Å²) >= 11 is 0. The average molecular weight is 279 g/mol. The lowest BCUT2D eigenvalue weighted by Gasteiger charge is -2.07. The third kappa shape index (κ3) is 5.45. The van der Waals surface area contributed by atoms with Crippen molar-refractivity contribution in [2.75, 3.05) is 5.32 Å². The van der Waals surface area contributed by atoms with Gasteiger partial charge in [0.2, 0.25) is 5.95 Å². The van der Waals surface area contributed by atoms with E-state index in [1.165, 1.54) is 0 Å². The molecule has 1 aromatic heterocycles. The molecule has 0 saturated heterocycles. The van der Waals surface area contributed by atoms with Crippen molar-refractivity contribution in [3.63, 3.8) is 0 Å². The molecule has 1 heterocycles. The first-order chi connectivity index (χ1) is 10.2. The van der Waals surface area contributed by atoms with Crippen LogP contribution < -0.4 is 5.32 Å². The molecule has 1 rings (SSSR count). The molecular formula is C18H21N3. The Morgan fingerprint density at radius 1 is 1.19 bits per heavy atom. The molecule has 0 atom stereocenters. The number of nitrogens with one attached hydrogen (secondary N) is 1. The Morgan fingerprint density at radius 3 is 2.62 bits per heavy atom. The first-order valence-electron chi connectivity index (χ1n) is 6.76. The summed E-state index contributed by atoms with van der Waals surface area (Å²) in [5, 5.41) is 3.16. The molecule has 3 nitrogen and oxygen atoms in total. The molecule has 3 heteroatoms. The molecule has 0 unspecified atom stereocenters. The highest BCUT2D eigenvalue weighted by Crippen LogP contribution is 2.15. The number of aromatic nitrogens is 2. The van der Waals surface area contributed by atoms with Crippen LogP contribution in [0.25, 0.3) is 5.57 Å². The number of allylic oxidation sites excluding steroid dienone is 9. The van der Waals surface area contributed by atoms with Crippen molar-refractivity contribution >= 4 is 11.5 Å². The van der Waals surface area contributed by atoms with Gasteiger partial charge in [0.15, 0.2) is 0 Å². The van der Waals surface area contributed by atoms with Gasteiger partial charge in [-0.05, 0) is 37.6 Å². The highest BCUT2D eigenvalue weighted by Gasteiger charge is 2.02. The van der Waals surface area contributed by atoms with Crippen LogP contribution in [0.2, 0.25) is 0 Å². The molecule has 0 saturated carbocycles. The minimum absolute atomic E-state index is 0.534. The lowest BCUT2D eigenvalue weighted by atomic mass is 10.1. The van der Waals surface area contributed by atoms with Gasteiger partial charge in [-0.15, -0.1) is 0 Å². The van der Waals surface area contributed by atoms with E-state index in [0.29, 0.717) is 5.95 Å². The van der Waals surface area contributed by atoms with E-state index >= 15 is 0 Å². The Balaban J connectivity index is 3.07. The monoisotopic (exact) mass is 279 g/mol. The van der Waals surface area contributed by atoms with Gasteiger partial charge in [0.25, 0.3) is 0 Å². The van der Waals surface area contributed by atoms with Gasteiger partial charge in [-0.25, -0.2) is 9.97 Å². The molecule has 0 radical (unpaired) electrons. The van der Waals surface area contributed by atoms with Crippen LogP contribution in [-0.4, -0.2) is 9.97 Å². The summed E-state index contributed by atoms with van der Waals surface area (Å²) in [6.45, 7) is 11.4. The number of rotatable bonds is 7. The molecule has 0 aliphatic heterocycles. The second-order valence-corrected chi connectivity index (χ2v) is 4.10. The molecule has 21 heavy (non-hydrogen) atoms. The Morgan fingerprint density at radius 2 is 2.00 bits per heavy atom. The quantitative estimate of drug-likeness (QED) is 0.736. The van der Waals surface area contributed by atoms with E-state index in [0.717, 1.165) is 17.0 Å². The van der Waals surface area contributed by atoms with Crippen molar-refractivity contribution in [3.8, 4) is 0 Å². The zero-order valence-electron chi connectivity index (χ0n) is 12.6. The normalized spacial score (nSPS) is 12.9. The Bertz CT molecular complexity index is 605. The predicted molar refractivity (Wildman–Crippen MR) is 91.7 cm³/mol. The van der Waals surface area contributed by atoms with Crippen LogP contribution >= 0.6 is 0 Å². The molecule has 0 aliphatic carbocycles. The Hall–Kier alpha value is -2.68. The second-order valence-electron chi connectivity index (χ2n) is 4.10. The molecule has 0 aliphatic rings. The largest absolute Gasteiger partial charge is 0.324 e. The molecule has 1 N–H and O–H groups in total. The van der Waals surface area contributed by atoms with Crippen LogP contribution in [0.15, 0.2) is 79.7 Å². The van der Waals surface area contributed by atoms with Crippen molar-refractivity contribution in [1.82, 2.24) is 9.97 Å². The average Bonchev–Trinajstić information content (AvgIpc) is 2.49. The summed E-state index contributed by atoms with van der Waals surface area (Å²) < 4.78 is 0. The van der Waals surface area contributed by atoms with Crippen molar-refractivity contribution < 1.29 is 0 Å². The van der Waals surface area contributed by atoms with Crippen LogP contribution in [0, 0.1) is 0 Å². The number of nitrogens with zero attached hydrogens (tertiary/aromatic N) is 2. The summed E-state index contributed by atoms with van der Waals surface area (Å²) in [5.74, 6) is 0.534. The maximum absolute atomic E-state index is 4.50. The van der Waals surface area contributed by atoms with E-state index in [-0.39, 0.29) is 0 Å². The van der Waals surface area contributed by atoms with E-state index in [1.807, 2.05) is 56.4 Å². The fraction of sp³-hybridized carbons (Fsp3) is 0.111. The summed E-state index contributed by atoms with van der Waals surface area (Å²) in [7, 11) is 0. The zero-order chi connectivity index (χ0) is 15.5. The third-order valence-electron chi connectivity index (χ3n) is 2.54. The summed E-state index contributed by atoms with van der Waals surface area (Å²) in [5.41, 5.74) is 2.64. The van der Waals surface area contributed by atoms with Gasteiger partial charge >= 0.3 is 0 Å². The smallest absolute Gasteiger partial charge is 0.227 e. The van der Waals surface area contributed by atoms with Crippen LogP contribution in [0.4, 0.5) is 5.95 Å². The standard InChI is InChI=1S/C18H21N3/c1-5-9-12-15(8-4)17-13-14-19-18(21-17)20-16(10-6-2)11-7-3/h5-14H,2,4H2,1,3H3,(H,19,20,21)/b9-5-,11-7-,15-12+,16-10+. The van der Waals surface area contributed by atoms with Gasteiger partial charge in [-0.1, -0.05) is 49.6 Å². The molecule has 0 amide bonds. The maximum Gasteiger partial charge on any atom is 0.227 e. The first-order valence-corrected chi connectivity index (χ1v) is 6.76. The predicted octanol–water partition coefficient (Wildman–Crippen LogP) is 4.68. The third-order valence-corrected chi connectivity index (χ3v) is 2.54. The van der Waals surface area contributed by atoms with E-state index in [4.69, 9.17) is 0 Å². The van der Waals surface area contributed by atoms with Gasteiger partial charge in [-0.2, -0.15) is 0 Å². The van der Waals surface area contributed by atoms with Gasteiger partial charge in [0.05, 0.1) is 5.69 Å². The van der Waals surface area contributed by atoms with E-state index in [1.54, 1.807) is 18.3 Å². The van der Waals surface area contributed by atoms with Gasteiger partial charge in [0.1, 0.15) is 0 Å². The minimum Gasteiger partial charge on any atom is -0.324 e. The van der Waals surface area contributed by atoms with Crippen molar-refractivity contribution in [3.05, 3.63) is 85.4 Å². The first kappa shape index (κ1) is 16.4. The summed E-state index contributed by atoms with van der Waals surface area (Å²) in [4.78, 5) is 8.73. The number of hydrogen-bond acceptors (Lipinski definition) is 3. The van der Waals surface area contributed by atoms with Crippen LogP contribution in [0.3, 0.4) is 0 Å². The van der Waals surface area contributed by atoms with Crippen molar-refractivity contribution in [1.29, 1.82) is 0 Å². The molecule has 108 valence electrons. The lowest BCUT2D eigenvalue weighted by Crippen LogP contribution is -2.03. The molecule has 0 bridgehead atoms. The van der Waals surface area contributed by atoms with E-state index < -0.39 is 0 Å². The number of anilines is 1. The van der Waals surface area contributed by atoms with E-state index in [2.05, 4.69) is 28.4 Å². The fourth-order valence-electron chi connectivity index (χ4n) is 1.61.